The van der Waals surface area contributed by atoms with Crippen molar-refractivity contribution in [2.75, 3.05) is 6.54 Å². The van der Waals surface area contributed by atoms with E-state index in [1.807, 2.05) is 0 Å². The van der Waals surface area contributed by atoms with Gasteiger partial charge in [0.25, 0.3) is 0 Å². The van der Waals surface area contributed by atoms with Crippen molar-refractivity contribution in [3.63, 3.8) is 0 Å². The Hall–Kier alpha value is -1.40. The Balaban J connectivity index is 1.95. The number of hydrogen-bond donors (Lipinski definition) is 2. The number of guanidine groups is 1. The zero-order valence-electron chi connectivity index (χ0n) is 13.6. The highest BCUT2D eigenvalue weighted by Crippen LogP contribution is 2.25. The summed E-state index contributed by atoms with van der Waals surface area (Å²) in [5.74, 6) is 0.834. The topological polar surface area (TPSA) is 49.3 Å². The summed E-state index contributed by atoms with van der Waals surface area (Å²) < 4.78 is 0. The SMILES string of the molecule is CCNC(=NCc1csc(C(C)(C)C)n1)NCc1cccs1. The van der Waals surface area contributed by atoms with E-state index >= 15 is 0 Å². The standard InChI is InChI=1S/C16H24N4S2/c1-5-17-15(19-10-13-7-6-8-21-13)18-9-12-11-22-14(20-12)16(2,3)4/h6-8,11H,5,9-10H2,1-4H3,(H2,17,18,19). The summed E-state index contributed by atoms with van der Waals surface area (Å²) in [7, 11) is 0. The van der Waals surface area contributed by atoms with Gasteiger partial charge in [-0.05, 0) is 18.4 Å². The van der Waals surface area contributed by atoms with Crippen LogP contribution in [-0.4, -0.2) is 17.5 Å². The molecule has 120 valence electrons. The van der Waals surface area contributed by atoms with Crippen LogP contribution in [0.5, 0.6) is 0 Å². The van der Waals surface area contributed by atoms with Gasteiger partial charge in [-0.15, -0.1) is 22.7 Å². The summed E-state index contributed by atoms with van der Waals surface area (Å²) >= 11 is 3.46. The molecule has 0 fully saturated rings. The van der Waals surface area contributed by atoms with Gasteiger partial charge >= 0.3 is 0 Å². The van der Waals surface area contributed by atoms with E-state index in [9.17, 15) is 0 Å². The molecule has 0 bridgehead atoms. The maximum atomic E-state index is 4.68. The molecule has 2 aromatic heterocycles. The molecule has 0 aliphatic carbocycles. The van der Waals surface area contributed by atoms with E-state index in [1.54, 1.807) is 22.7 Å². The smallest absolute Gasteiger partial charge is 0.191 e. The van der Waals surface area contributed by atoms with Crippen LogP contribution in [0.2, 0.25) is 0 Å². The molecule has 6 heteroatoms. The second-order valence-corrected chi connectivity index (χ2v) is 7.91. The van der Waals surface area contributed by atoms with Crippen molar-refractivity contribution in [2.24, 2.45) is 4.99 Å². The molecule has 0 aromatic carbocycles. The van der Waals surface area contributed by atoms with E-state index in [1.165, 1.54) is 4.88 Å². The lowest BCUT2D eigenvalue weighted by molar-refractivity contribution is 0.583. The molecule has 0 saturated heterocycles. The van der Waals surface area contributed by atoms with E-state index in [-0.39, 0.29) is 5.41 Å². The van der Waals surface area contributed by atoms with Crippen LogP contribution >= 0.6 is 22.7 Å². The number of rotatable bonds is 5. The Labute approximate surface area is 140 Å². The molecule has 0 saturated carbocycles. The maximum absolute atomic E-state index is 4.68. The van der Waals surface area contributed by atoms with Gasteiger partial charge in [0, 0.05) is 22.2 Å². The number of aliphatic imine (C=N–C) groups is 1. The van der Waals surface area contributed by atoms with Crippen molar-refractivity contribution >= 4 is 28.6 Å². The minimum atomic E-state index is 0.106. The van der Waals surface area contributed by atoms with Gasteiger partial charge in [-0.25, -0.2) is 9.98 Å². The minimum absolute atomic E-state index is 0.106. The zero-order valence-corrected chi connectivity index (χ0v) is 15.3. The van der Waals surface area contributed by atoms with E-state index < -0.39 is 0 Å². The summed E-state index contributed by atoms with van der Waals surface area (Å²) in [6, 6.07) is 4.19. The molecule has 4 nitrogen and oxygen atoms in total. The average molecular weight is 337 g/mol. The van der Waals surface area contributed by atoms with Gasteiger partial charge < -0.3 is 10.6 Å². The first kappa shape index (κ1) is 17.0. The fourth-order valence-corrected chi connectivity index (χ4v) is 3.35. The maximum Gasteiger partial charge on any atom is 0.191 e. The first-order chi connectivity index (χ1) is 10.5. The van der Waals surface area contributed by atoms with Gasteiger partial charge in [0.1, 0.15) is 0 Å². The molecule has 0 radical (unpaired) electrons. The van der Waals surface area contributed by atoms with E-state index in [0.29, 0.717) is 6.54 Å². The molecule has 2 N–H and O–H groups in total. The monoisotopic (exact) mass is 336 g/mol. The molecule has 0 spiro atoms. The fourth-order valence-electron chi connectivity index (χ4n) is 1.81. The molecule has 0 aliphatic rings. The lowest BCUT2D eigenvalue weighted by Crippen LogP contribution is -2.36. The van der Waals surface area contributed by atoms with Crippen LogP contribution in [0.4, 0.5) is 0 Å². The highest BCUT2D eigenvalue weighted by molar-refractivity contribution is 7.10. The normalized spacial score (nSPS) is 12.5. The second-order valence-electron chi connectivity index (χ2n) is 6.02. The van der Waals surface area contributed by atoms with Crippen LogP contribution in [0.25, 0.3) is 0 Å². The number of thiophene rings is 1. The molecule has 0 amide bonds. The third kappa shape index (κ3) is 5.10. The van der Waals surface area contributed by atoms with Gasteiger partial charge in [0.05, 0.1) is 23.8 Å². The number of thiazole rings is 1. The van der Waals surface area contributed by atoms with Crippen molar-refractivity contribution in [3.8, 4) is 0 Å². The second kappa shape index (κ2) is 7.74. The van der Waals surface area contributed by atoms with Crippen molar-refractivity contribution in [1.29, 1.82) is 0 Å². The molecule has 0 aliphatic heterocycles. The summed E-state index contributed by atoms with van der Waals surface area (Å²) in [5, 5.41) is 12.0. The van der Waals surface area contributed by atoms with Gasteiger partial charge in [-0.3, -0.25) is 0 Å². The van der Waals surface area contributed by atoms with Crippen LogP contribution in [0.1, 0.15) is 43.3 Å². The van der Waals surface area contributed by atoms with Crippen LogP contribution < -0.4 is 10.6 Å². The zero-order chi connectivity index (χ0) is 16.0. The quantitative estimate of drug-likeness (QED) is 0.646. The molecule has 2 rings (SSSR count). The van der Waals surface area contributed by atoms with Gasteiger partial charge in [0.15, 0.2) is 5.96 Å². The van der Waals surface area contributed by atoms with E-state index in [0.717, 1.165) is 29.8 Å². The molecular formula is C16H24N4S2. The molecule has 2 aromatic rings. The van der Waals surface area contributed by atoms with Crippen molar-refractivity contribution in [3.05, 3.63) is 38.5 Å². The molecular weight excluding hydrogens is 312 g/mol. The fraction of sp³-hybridized carbons (Fsp3) is 0.500. The largest absolute Gasteiger partial charge is 0.357 e. The third-order valence-electron chi connectivity index (χ3n) is 2.95. The number of nitrogens with one attached hydrogen (secondary N) is 2. The van der Waals surface area contributed by atoms with Crippen LogP contribution in [-0.2, 0) is 18.5 Å². The summed E-state index contributed by atoms with van der Waals surface area (Å²) in [6.45, 7) is 10.9. The lowest BCUT2D eigenvalue weighted by atomic mass is 9.98. The first-order valence-electron chi connectivity index (χ1n) is 7.48. The van der Waals surface area contributed by atoms with Crippen molar-refractivity contribution < 1.29 is 0 Å². The molecule has 2 heterocycles. The van der Waals surface area contributed by atoms with Crippen molar-refractivity contribution in [2.45, 2.75) is 46.2 Å². The third-order valence-corrected chi connectivity index (χ3v) is 5.14. The molecule has 0 unspecified atom stereocenters. The molecule has 22 heavy (non-hydrogen) atoms. The number of aromatic nitrogens is 1. The minimum Gasteiger partial charge on any atom is -0.357 e. The van der Waals surface area contributed by atoms with Crippen LogP contribution in [0, 0.1) is 0 Å². The van der Waals surface area contributed by atoms with Gasteiger partial charge in [0.2, 0.25) is 0 Å². The van der Waals surface area contributed by atoms with Crippen LogP contribution in [0.3, 0.4) is 0 Å². The Morgan fingerprint density at radius 3 is 2.68 bits per heavy atom. The van der Waals surface area contributed by atoms with Crippen molar-refractivity contribution in [1.82, 2.24) is 15.6 Å². The number of nitrogens with zero attached hydrogens (tertiary/aromatic N) is 2. The molecule has 0 atom stereocenters. The Morgan fingerprint density at radius 1 is 1.27 bits per heavy atom. The summed E-state index contributed by atoms with van der Waals surface area (Å²) in [4.78, 5) is 10.6. The summed E-state index contributed by atoms with van der Waals surface area (Å²) in [5.41, 5.74) is 1.14. The highest BCUT2D eigenvalue weighted by atomic mass is 32.1. The van der Waals surface area contributed by atoms with Crippen LogP contribution in [0.15, 0.2) is 27.9 Å². The van der Waals surface area contributed by atoms with E-state index in [4.69, 9.17) is 0 Å². The Kier molecular flexibility index (Phi) is 5.97. The van der Waals surface area contributed by atoms with Gasteiger partial charge in [-0.1, -0.05) is 26.8 Å². The Morgan fingerprint density at radius 2 is 2.09 bits per heavy atom. The predicted molar refractivity (Wildman–Crippen MR) is 96.8 cm³/mol. The van der Waals surface area contributed by atoms with Gasteiger partial charge in [-0.2, -0.15) is 0 Å². The summed E-state index contributed by atoms with van der Waals surface area (Å²) in [6.07, 6.45) is 0. The lowest BCUT2D eigenvalue weighted by Gasteiger charge is -2.13. The highest BCUT2D eigenvalue weighted by Gasteiger charge is 2.17. The average Bonchev–Trinajstić information content (AvgIpc) is 3.12. The van der Waals surface area contributed by atoms with E-state index in [2.05, 4.69) is 71.2 Å². The number of hydrogen-bond acceptors (Lipinski definition) is 4. The Bertz CT molecular complexity index is 594. The predicted octanol–water partition coefficient (Wildman–Crippen LogP) is 3.76. The first-order valence-corrected chi connectivity index (χ1v) is 9.24.